The largest absolute Gasteiger partial charge is 0.455 e. The van der Waals surface area contributed by atoms with Gasteiger partial charge in [0, 0.05) is 5.69 Å². The van der Waals surface area contributed by atoms with Crippen LogP contribution in [0.1, 0.15) is 10.4 Å². The summed E-state index contributed by atoms with van der Waals surface area (Å²) in [7, 11) is 0. The molecular weight excluding hydrogens is 423 g/mol. The second kappa shape index (κ2) is 10.3. The third-order valence-corrected chi connectivity index (χ3v) is 4.19. The lowest BCUT2D eigenvalue weighted by Crippen LogP contribution is -2.34. The summed E-state index contributed by atoms with van der Waals surface area (Å²) >= 11 is 0. The highest BCUT2D eigenvalue weighted by Gasteiger charge is 2.28. The second-order valence-corrected chi connectivity index (χ2v) is 6.66. The van der Waals surface area contributed by atoms with E-state index in [0.717, 1.165) is 0 Å². The average Bonchev–Trinajstić information content (AvgIpc) is 2.78. The van der Waals surface area contributed by atoms with E-state index in [2.05, 4.69) is 10.6 Å². The van der Waals surface area contributed by atoms with Gasteiger partial charge in [0.1, 0.15) is 12.3 Å². The van der Waals surface area contributed by atoms with E-state index in [1.807, 2.05) is 23.5 Å². The molecule has 9 heteroatoms. The van der Waals surface area contributed by atoms with E-state index in [-0.39, 0.29) is 17.8 Å². The molecule has 3 rings (SSSR count). The van der Waals surface area contributed by atoms with E-state index in [4.69, 9.17) is 4.74 Å². The van der Waals surface area contributed by atoms with Crippen molar-refractivity contribution in [3.63, 3.8) is 0 Å². The summed E-state index contributed by atoms with van der Waals surface area (Å²) < 4.78 is 42.9. The van der Waals surface area contributed by atoms with Crippen LogP contribution in [0.15, 0.2) is 78.9 Å². The lowest BCUT2D eigenvalue weighted by atomic mass is 10.1. The van der Waals surface area contributed by atoms with Crippen molar-refractivity contribution in [2.75, 3.05) is 23.7 Å². The average molecular weight is 443 g/mol. The quantitative estimate of drug-likeness (QED) is 0.466. The fraction of sp³-hybridized carbons (Fsp3) is 0.130. The number of amides is 2. The van der Waals surface area contributed by atoms with Crippen LogP contribution in [-0.4, -0.2) is 31.1 Å². The Hall–Kier alpha value is -4.01. The number of benzene rings is 3. The first-order chi connectivity index (χ1) is 15.3. The van der Waals surface area contributed by atoms with Crippen LogP contribution in [0.2, 0.25) is 0 Å². The van der Waals surface area contributed by atoms with Gasteiger partial charge in [-0.2, -0.15) is 13.2 Å². The minimum Gasteiger partial charge on any atom is -0.455 e. The van der Waals surface area contributed by atoms with E-state index in [1.165, 1.54) is 18.2 Å². The number of rotatable bonds is 8. The van der Waals surface area contributed by atoms with Crippen molar-refractivity contribution in [1.29, 1.82) is 0 Å². The number of ether oxygens (including phenoxy) is 1. The van der Waals surface area contributed by atoms with E-state index < -0.39 is 24.5 Å². The van der Waals surface area contributed by atoms with E-state index in [0.29, 0.717) is 17.2 Å². The Morgan fingerprint density at radius 3 is 2.16 bits per heavy atom. The van der Waals surface area contributed by atoms with Gasteiger partial charge in [0.15, 0.2) is 5.75 Å². The van der Waals surface area contributed by atoms with Gasteiger partial charge in [-0.25, -0.2) is 0 Å². The molecule has 0 aliphatic carbocycles. The summed E-state index contributed by atoms with van der Waals surface area (Å²) in [6.45, 7) is -1.66. The maximum Gasteiger partial charge on any atom is 0.405 e. The predicted molar refractivity (Wildman–Crippen MR) is 115 cm³/mol. The third-order valence-electron chi connectivity index (χ3n) is 4.19. The first kappa shape index (κ1) is 22.7. The number of halogens is 3. The molecule has 0 radical (unpaired) electrons. The molecule has 0 saturated heterocycles. The fourth-order valence-electron chi connectivity index (χ4n) is 2.76. The van der Waals surface area contributed by atoms with Crippen molar-refractivity contribution < 1.29 is 27.5 Å². The molecule has 0 aliphatic heterocycles. The Morgan fingerprint density at radius 1 is 0.812 bits per heavy atom. The summed E-state index contributed by atoms with van der Waals surface area (Å²) in [4.78, 5) is 24.5. The lowest BCUT2D eigenvalue weighted by Gasteiger charge is -2.14. The van der Waals surface area contributed by atoms with Gasteiger partial charge in [-0.1, -0.05) is 42.5 Å². The van der Waals surface area contributed by atoms with Crippen LogP contribution in [0.4, 0.5) is 24.5 Å². The smallest absolute Gasteiger partial charge is 0.405 e. The summed E-state index contributed by atoms with van der Waals surface area (Å²) in [6.07, 6.45) is -4.52. The van der Waals surface area contributed by atoms with Crippen LogP contribution < -0.4 is 20.7 Å². The maximum absolute atomic E-state index is 12.5. The molecule has 0 aromatic heterocycles. The molecule has 0 fully saturated rings. The Balaban J connectivity index is 1.62. The van der Waals surface area contributed by atoms with Gasteiger partial charge in [0.2, 0.25) is 5.91 Å². The molecule has 166 valence electrons. The number of hydrogen-bond acceptors (Lipinski definition) is 4. The van der Waals surface area contributed by atoms with Crippen LogP contribution >= 0.6 is 0 Å². The van der Waals surface area contributed by atoms with Crippen molar-refractivity contribution in [3.8, 4) is 11.5 Å². The van der Waals surface area contributed by atoms with Gasteiger partial charge in [-0.15, -0.1) is 0 Å². The maximum atomic E-state index is 12.5. The molecule has 0 spiro atoms. The SMILES string of the molecule is O=C(CNc1ccccc1C(=O)NCC(F)(F)F)Nc1ccccc1Oc1ccccc1. The highest BCUT2D eigenvalue weighted by molar-refractivity contribution is 6.01. The number of hydrogen-bond donors (Lipinski definition) is 3. The van der Waals surface area contributed by atoms with Gasteiger partial charge in [-0.3, -0.25) is 9.59 Å². The topological polar surface area (TPSA) is 79.5 Å². The molecule has 3 aromatic rings. The monoisotopic (exact) mass is 443 g/mol. The number of para-hydroxylation sites is 4. The number of alkyl halides is 3. The fourth-order valence-corrected chi connectivity index (χ4v) is 2.76. The zero-order valence-electron chi connectivity index (χ0n) is 16.8. The molecule has 2 amide bonds. The highest BCUT2D eigenvalue weighted by atomic mass is 19.4. The molecule has 3 aromatic carbocycles. The Bertz CT molecular complexity index is 1070. The number of carbonyl (C=O) groups is 2. The van der Waals surface area contributed by atoms with E-state index in [1.54, 1.807) is 42.5 Å². The van der Waals surface area contributed by atoms with Gasteiger partial charge in [0.25, 0.3) is 5.91 Å². The van der Waals surface area contributed by atoms with Gasteiger partial charge >= 0.3 is 6.18 Å². The van der Waals surface area contributed by atoms with Crippen LogP contribution in [-0.2, 0) is 4.79 Å². The summed E-state index contributed by atoms with van der Waals surface area (Å²) in [5.74, 6) is -0.280. The van der Waals surface area contributed by atoms with Gasteiger partial charge < -0.3 is 20.7 Å². The van der Waals surface area contributed by atoms with Crippen molar-refractivity contribution in [2.24, 2.45) is 0 Å². The van der Waals surface area contributed by atoms with E-state index >= 15 is 0 Å². The number of nitrogens with one attached hydrogen (secondary N) is 3. The van der Waals surface area contributed by atoms with Crippen LogP contribution in [0.5, 0.6) is 11.5 Å². The molecule has 0 bridgehead atoms. The minimum absolute atomic E-state index is 0.00244. The van der Waals surface area contributed by atoms with Crippen molar-refractivity contribution in [1.82, 2.24) is 5.32 Å². The first-order valence-corrected chi connectivity index (χ1v) is 9.61. The van der Waals surface area contributed by atoms with Gasteiger partial charge in [-0.05, 0) is 36.4 Å². The summed E-state index contributed by atoms with van der Waals surface area (Å²) in [5, 5.41) is 7.32. The van der Waals surface area contributed by atoms with Crippen LogP contribution in [0.25, 0.3) is 0 Å². The van der Waals surface area contributed by atoms with Crippen molar-refractivity contribution in [3.05, 3.63) is 84.4 Å². The van der Waals surface area contributed by atoms with Crippen molar-refractivity contribution in [2.45, 2.75) is 6.18 Å². The Labute approximate surface area is 182 Å². The van der Waals surface area contributed by atoms with Crippen LogP contribution in [0, 0.1) is 0 Å². The molecule has 6 nitrogen and oxygen atoms in total. The van der Waals surface area contributed by atoms with Crippen molar-refractivity contribution >= 4 is 23.2 Å². The summed E-state index contributed by atoms with van der Waals surface area (Å²) in [5.41, 5.74) is 0.674. The molecule has 0 atom stereocenters. The molecule has 0 aliphatic rings. The standard InChI is InChI=1S/C23H20F3N3O3/c24-23(25,26)15-28-22(31)17-10-4-5-11-18(17)27-14-21(30)29-19-12-6-7-13-20(19)32-16-8-2-1-3-9-16/h1-13,27H,14-15H2,(H,28,31)(H,29,30). The van der Waals surface area contributed by atoms with E-state index in [9.17, 15) is 22.8 Å². The molecule has 0 unspecified atom stereocenters. The third kappa shape index (κ3) is 6.76. The highest BCUT2D eigenvalue weighted by Crippen LogP contribution is 2.29. The predicted octanol–water partition coefficient (Wildman–Crippen LogP) is 4.82. The molecule has 32 heavy (non-hydrogen) atoms. The zero-order valence-corrected chi connectivity index (χ0v) is 16.8. The zero-order chi connectivity index (χ0) is 23.0. The molecular formula is C23H20F3N3O3. The minimum atomic E-state index is -4.52. The normalized spacial score (nSPS) is 10.8. The molecule has 3 N–H and O–H groups in total. The Morgan fingerprint density at radius 2 is 1.44 bits per heavy atom. The molecule has 0 saturated carbocycles. The van der Waals surface area contributed by atoms with Crippen LogP contribution in [0.3, 0.4) is 0 Å². The van der Waals surface area contributed by atoms with Gasteiger partial charge in [0.05, 0.1) is 17.8 Å². The number of anilines is 2. The number of carbonyl (C=O) groups excluding carboxylic acids is 2. The first-order valence-electron chi connectivity index (χ1n) is 9.61. The summed E-state index contributed by atoms with van der Waals surface area (Å²) in [6, 6.07) is 21.9. The Kier molecular flexibility index (Phi) is 7.33. The lowest BCUT2D eigenvalue weighted by molar-refractivity contribution is -0.123. The second-order valence-electron chi connectivity index (χ2n) is 6.66. The molecule has 0 heterocycles.